The lowest BCUT2D eigenvalue weighted by molar-refractivity contribution is 0.326. The second-order valence-corrected chi connectivity index (χ2v) is 11.1. The van der Waals surface area contributed by atoms with Gasteiger partial charge in [-0.1, -0.05) is 0 Å². The molecular weight excluding hydrogens is 521 g/mol. The second kappa shape index (κ2) is 9.94. The lowest BCUT2D eigenvalue weighted by atomic mass is 10.1. The lowest BCUT2D eigenvalue weighted by Gasteiger charge is -2.32. The Morgan fingerprint density at radius 1 is 1.08 bits per heavy atom. The van der Waals surface area contributed by atoms with Crippen LogP contribution in [0.4, 0.5) is 10.3 Å². The van der Waals surface area contributed by atoms with Gasteiger partial charge in [0.05, 0.1) is 22.2 Å². The van der Waals surface area contributed by atoms with Crippen LogP contribution in [0.1, 0.15) is 18.4 Å². The van der Waals surface area contributed by atoms with Gasteiger partial charge in [-0.3, -0.25) is 4.40 Å². The fourth-order valence-corrected chi connectivity index (χ4v) is 6.24. The topological polar surface area (TPSA) is 129 Å². The number of fused-ring (bicyclic) bond motifs is 1. The molecule has 0 amide bonds. The van der Waals surface area contributed by atoms with Gasteiger partial charge in [0, 0.05) is 37.1 Å². The number of imidazole rings is 1. The van der Waals surface area contributed by atoms with E-state index in [2.05, 4.69) is 15.3 Å². The Bertz CT molecular complexity index is 1790. The van der Waals surface area contributed by atoms with E-state index >= 15 is 0 Å². The van der Waals surface area contributed by atoms with Crippen LogP contribution in [0.15, 0.2) is 82.6 Å². The Morgan fingerprint density at radius 2 is 1.87 bits per heavy atom. The summed E-state index contributed by atoms with van der Waals surface area (Å²) in [7, 11) is -3.72. The smallest absolute Gasteiger partial charge is 0.306 e. The third-order valence-corrected chi connectivity index (χ3v) is 8.50. The number of hydrogen-bond donors (Lipinski definition) is 1. The molecule has 1 aliphatic rings. The number of hydrogen-bond acceptors (Lipinski definition) is 8. The van der Waals surface area contributed by atoms with Crippen LogP contribution in [0.25, 0.3) is 28.5 Å². The summed E-state index contributed by atoms with van der Waals surface area (Å²) in [6, 6.07) is 15.5. The fraction of sp³-hybridized carbons (Fsp3) is 0.185. The van der Waals surface area contributed by atoms with Crippen LogP contribution >= 0.6 is 0 Å². The average Bonchev–Trinajstić information content (AvgIpc) is 3.55. The van der Waals surface area contributed by atoms with Crippen molar-refractivity contribution in [3.63, 3.8) is 0 Å². The van der Waals surface area contributed by atoms with Crippen molar-refractivity contribution in [2.75, 3.05) is 18.4 Å². The largest absolute Gasteiger partial charge is 0.432 e. The highest BCUT2D eigenvalue weighted by atomic mass is 32.2. The summed E-state index contributed by atoms with van der Waals surface area (Å²) in [5.41, 5.74) is 2.91. The molecule has 196 valence electrons. The first-order valence-electron chi connectivity index (χ1n) is 12.2. The number of aromatic nitrogens is 4. The van der Waals surface area contributed by atoms with Crippen molar-refractivity contribution in [3.05, 3.63) is 84.6 Å². The van der Waals surface area contributed by atoms with Crippen LogP contribution in [-0.2, 0) is 10.0 Å². The van der Waals surface area contributed by atoms with Gasteiger partial charge in [0.2, 0.25) is 16.0 Å². The normalized spacial score (nSPS) is 16.3. The number of nitriles is 1. The SMILES string of the molecule is N#Cc1ccc(S(=O)(=O)N2CCC[C@@H](Nc3nccc(-c4c(-c5ccc(F)cc5)nc5occn45)n3)C2)cc1. The molecule has 0 saturated carbocycles. The van der Waals surface area contributed by atoms with Crippen LogP contribution in [0.5, 0.6) is 0 Å². The highest BCUT2D eigenvalue weighted by molar-refractivity contribution is 7.89. The molecule has 1 saturated heterocycles. The molecule has 10 nitrogen and oxygen atoms in total. The Labute approximate surface area is 223 Å². The van der Waals surface area contributed by atoms with E-state index in [0.717, 1.165) is 6.42 Å². The van der Waals surface area contributed by atoms with Gasteiger partial charge in [0.25, 0.3) is 0 Å². The zero-order valence-corrected chi connectivity index (χ0v) is 21.3. The van der Waals surface area contributed by atoms with Gasteiger partial charge < -0.3 is 9.73 Å². The summed E-state index contributed by atoms with van der Waals surface area (Å²) in [6.07, 6.45) is 6.28. The van der Waals surface area contributed by atoms with Crippen molar-refractivity contribution >= 4 is 21.8 Å². The van der Waals surface area contributed by atoms with Gasteiger partial charge in [-0.15, -0.1) is 0 Å². The number of nitrogens with one attached hydrogen (secondary N) is 1. The summed E-state index contributed by atoms with van der Waals surface area (Å²) in [5, 5.41) is 12.3. The average molecular weight is 544 g/mol. The first kappa shape index (κ1) is 24.7. The highest BCUT2D eigenvalue weighted by Crippen LogP contribution is 2.32. The van der Waals surface area contributed by atoms with Crippen LogP contribution < -0.4 is 5.32 Å². The van der Waals surface area contributed by atoms with Crippen molar-refractivity contribution in [3.8, 4) is 28.7 Å². The zero-order chi connectivity index (χ0) is 27.0. The minimum atomic E-state index is -3.72. The number of anilines is 1. The summed E-state index contributed by atoms with van der Waals surface area (Å²) < 4.78 is 48.7. The number of sulfonamides is 1. The molecule has 0 radical (unpaired) electrons. The molecule has 0 bridgehead atoms. The minimum absolute atomic E-state index is 0.151. The number of nitrogens with zero attached hydrogens (tertiary/aromatic N) is 6. The van der Waals surface area contributed by atoms with Gasteiger partial charge in [-0.2, -0.15) is 14.6 Å². The molecule has 39 heavy (non-hydrogen) atoms. The number of benzene rings is 2. The molecule has 0 spiro atoms. The van der Waals surface area contributed by atoms with Crippen molar-refractivity contribution in [1.82, 2.24) is 23.7 Å². The van der Waals surface area contributed by atoms with E-state index in [1.54, 1.807) is 35.0 Å². The maximum atomic E-state index is 13.5. The first-order chi connectivity index (χ1) is 18.9. The third-order valence-electron chi connectivity index (χ3n) is 6.62. The van der Waals surface area contributed by atoms with Crippen LogP contribution in [0.3, 0.4) is 0 Å². The van der Waals surface area contributed by atoms with Gasteiger partial charge in [0.15, 0.2) is 0 Å². The molecular formula is C27H22FN7O3S. The monoisotopic (exact) mass is 543 g/mol. The predicted octanol–water partition coefficient (Wildman–Crippen LogP) is 4.33. The number of piperidine rings is 1. The molecule has 4 heterocycles. The Hall–Kier alpha value is -4.60. The van der Waals surface area contributed by atoms with E-state index in [1.165, 1.54) is 47.0 Å². The van der Waals surface area contributed by atoms with E-state index in [9.17, 15) is 12.8 Å². The van der Waals surface area contributed by atoms with Crippen LogP contribution in [-0.4, -0.2) is 51.2 Å². The van der Waals surface area contributed by atoms with Crippen molar-refractivity contribution in [2.45, 2.75) is 23.8 Å². The second-order valence-electron chi connectivity index (χ2n) is 9.12. The molecule has 6 rings (SSSR count). The van der Waals surface area contributed by atoms with Crippen molar-refractivity contribution in [2.24, 2.45) is 0 Å². The van der Waals surface area contributed by atoms with Gasteiger partial charge in [-0.05, 0) is 67.4 Å². The Kier molecular flexibility index (Phi) is 6.30. The number of halogens is 1. The third kappa shape index (κ3) is 4.73. The van der Waals surface area contributed by atoms with E-state index in [0.29, 0.717) is 53.0 Å². The van der Waals surface area contributed by atoms with Gasteiger partial charge in [0.1, 0.15) is 23.5 Å². The Balaban J connectivity index is 1.26. The van der Waals surface area contributed by atoms with Crippen molar-refractivity contribution in [1.29, 1.82) is 5.26 Å². The molecule has 1 fully saturated rings. The fourth-order valence-electron chi connectivity index (χ4n) is 4.71. The zero-order valence-electron chi connectivity index (χ0n) is 20.5. The molecule has 0 aliphatic carbocycles. The van der Waals surface area contributed by atoms with Crippen LogP contribution in [0.2, 0.25) is 0 Å². The summed E-state index contributed by atoms with van der Waals surface area (Å²) in [5.74, 6) is 0.367. The predicted molar refractivity (Wildman–Crippen MR) is 140 cm³/mol. The standard InChI is InChI=1S/C27H22FN7O3S/c28-20-7-5-19(6-8-20)24-25(35-14-15-38-27(35)33-24)23-11-12-30-26(32-23)31-21-2-1-13-34(17-21)39(36,37)22-9-3-18(16-29)4-10-22/h3-12,14-15,21H,1-2,13,17H2,(H,30,31,32)/t21-/m1/s1. The quantitative estimate of drug-likeness (QED) is 0.335. The maximum Gasteiger partial charge on any atom is 0.306 e. The molecule has 3 aromatic heterocycles. The summed E-state index contributed by atoms with van der Waals surface area (Å²) in [6.45, 7) is 0.645. The number of rotatable bonds is 6. The summed E-state index contributed by atoms with van der Waals surface area (Å²) >= 11 is 0. The molecule has 1 aliphatic heterocycles. The van der Waals surface area contributed by atoms with E-state index in [1.807, 2.05) is 6.07 Å². The molecule has 1 N–H and O–H groups in total. The molecule has 2 aromatic carbocycles. The minimum Gasteiger partial charge on any atom is -0.432 e. The highest BCUT2D eigenvalue weighted by Gasteiger charge is 2.31. The van der Waals surface area contributed by atoms with Crippen molar-refractivity contribution < 1.29 is 17.2 Å². The maximum absolute atomic E-state index is 13.5. The summed E-state index contributed by atoms with van der Waals surface area (Å²) in [4.78, 5) is 13.8. The van der Waals surface area contributed by atoms with E-state index < -0.39 is 10.0 Å². The van der Waals surface area contributed by atoms with Gasteiger partial charge in [-0.25, -0.2) is 22.8 Å². The van der Waals surface area contributed by atoms with E-state index in [-0.39, 0.29) is 23.3 Å². The molecule has 1 atom stereocenters. The van der Waals surface area contributed by atoms with Gasteiger partial charge >= 0.3 is 5.84 Å². The first-order valence-corrected chi connectivity index (χ1v) is 13.7. The number of oxazole rings is 1. The molecule has 0 unspecified atom stereocenters. The van der Waals surface area contributed by atoms with E-state index in [4.69, 9.17) is 14.7 Å². The molecule has 5 aromatic rings. The lowest BCUT2D eigenvalue weighted by Crippen LogP contribution is -2.45. The van der Waals surface area contributed by atoms with Crippen LogP contribution in [0, 0.1) is 17.1 Å². The Morgan fingerprint density at radius 3 is 2.64 bits per heavy atom. The molecule has 12 heteroatoms.